The van der Waals surface area contributed by atoms with Crippen molar-refractivity contribution in [3.63, 3.8) is 0 Å². The van der Waals surface area contributed by atoms with E-state index < -0.39 is 5.97 Å². The van der Waals surface area contributed by atoms with E-state index in [1.807, 2.05) is 0 Å². The van der Waals surface area contributed by atoms with Crippen molar-refractivity contribution in [3.05, 3.63) is 23.0 Å². The van der Waals surface area contributed by atoms with Gasteiger partial charge in [0.05, 0.1) is 11.6 Å². The molecule has 2 rings (SSSR count). The molecule has 5 heteroatoms. The van der Waals surface area contributed by atoms with Crippen LogP contribution in [0.1, 0.15) is 23.3 Å². The van der Waals surface area contributed by atoms with E-state index in [1.54, 1.807) is 0 Å². The lowest BCUT2D eigenvalue weighted by Crippen LogP contribution is -2.07. The summed E-state index contributed by atoms with van der Waals surface area (Å²) in [5, 5.41) is 9.23. The van der Waals surface area contributed by atoms with Gasteiger partial charge in [-0.15, -0.1) is 0 Å². The van der Waals surface area contributed by atoms with Crippen LogP contribution in [0, 0.1) is 5.92 Å². The molecule has 1 N–H and O–H groups in total. The van der Waals surface area contributed by atoms with Gasteiger partial charge in [0.1, 0.15) is 0 Å². The van der Waals surface area contributed by atoms with Crippen LogP contribution in [0.3, 0.4) is 0 Å². The standard InChI is InChI=1S/C10H10ClNO3/c11-7-3-8(15-5-6-1-2-6)9(10(13)14)12-4-7/h3-4,6H,1-2,5H2,(H,13,14). The van der Waals surface area contributed by atoms with E-state index in [-0.39, 0.29) is 11.4 Å². The van der Waals surface area contributed by atoms with Gasteiger partial charge in [-0.1, -0.05) is 11.6 Å². The Bertz CT molecular complexity index is 390. The number of aromatic nitrogens is 1. The number of carbonyl (C=O) groups is 1. The number of pyridine rings is 1. The molecule has 0 radical (unpaired) electrons. The summed E-state index contributed by atoms with van der Waals surface area (Å²) < 4.78 is 5.38. The first-order valence-corrected chi connectivity index (χ1v) is 5.06. The van der Waals surface area contributed by atoms with E-state index in [0.717, 1.165) is 12.8 Å². The Hall–Kier alpha value is -1.29. The second kappa shape index (κ2) is 4.06. The van der Waals surface area contributed by atoms with Crippen LogP contribution in [0.4, 0.5) is 0 Å². The summed E-state index contributed by atoms with van der Waals surface area (Å²) in [5.74, 6) is -0.287. The molecule has 0 aliphatic heterocycles. The molecular formula is C10H10ClNO3. The zero-order valence-corrected chi connectivity index (χ0v) is 8.70. The second-order valence-electron chi connectivity index (χ2n) is 3.56. The molecule has 0 unspecified atom stereocenters. The summed E-state index contributed by atoms with van der Waals surface area (Å²) in [4.78, 5) is 14.5. The Labute approximate surface area is 91.8 Å². The zero-order valence-electron chi connectivity index (χ0n) is 7.94. The number of aromatic carboxylic acids is 1. The summed E-state index contributed by atoms with van der Waals surface area (Å²) in [7, 11) is 0. The normalized spacial score (nSPS) is 15.0. The molecule has 1 fully saturated rings. The topological polar surface area (TPSA) is 59.4 Å². The maximum Gasteiger partial charge on any atom is 0.358 e. The average molecular weight is 228 g/mol. The van der Waals surface area contributed by atoms with Crippen LogP contribution in [0.5, 0.6) is 5.75 Å². The Morgan fingerprint density at radius 3 is 3.00 bits per heavy atom. The first-order valence-electron chi connectivity index (χ1n) is 4.68. The summed E-state index contributed by atoms with van der Waals surface area (Å²) in [6.45, 7) is 0.544. The molecule has 0 aromatic carbocycles. The first-order chi connectivity index (χ1) is 7.16. The fourth-order valence-electron chi connectivity index (χ4n) is 1.18. The van der Waals surface area contributed by atoms with Crippen molar-refractivity contribution in [1.29, 1.82) is 0 Å². The average Bonchev–Trinajstić information content (AvgIpc) is 2.97. The molecule has 15 heavy (non-hydrogen) atoms. The molecule has 80 valence electrons. The Balaban J connectivity index is 2.16. The Kier molecular flexibility index (Phi) is 2.77. The van der Waals surface area contributed by atoms with E-state index in [1.165, 1.54) is 12.3 Å². The predicted molar refractivity (Wildman–Crippen MR) is 54.4 cm³/mol. The summed E-state index contributed by atoms with van der Waals surface area (Å²) in [6, 6.07) is 1.49. The van der Waals surface area contributed by atoms with Crippen LogP contribution in [0.2, 0.25) is 5.02 Å². The third kappa shape index (κ3) is 2.59. The smallest absolute Gasteiger partial charge is 0.358 e. The highest BCUT2D eigenvalue weighted by atomic mass is 35.5. The minimum Gasteiger partial charge on any atom is -0.491 e. The van der Waals surface area contributed by atoms with E-state index in [4.69, 9.17) is 21.4 Å². The first kappa shape index (κ1) is 10.2. The Morgan fingerprint density at radius 1 is 1.67 bits per heavy atom. The van der Waals surface area contributed by atoms with E-state index in [9.17, 15) is 4.79 Å². The van der Waals surface area contributed by atoms with Crippen LogP contribution in [-0.4, -0.2) is 22.7 Å². The minimum atomic E-state index is -1.10. The molecule has 1 aromatic rings. The summed E-state index contributed by atoms with van der Waals surface area (Å²) in [6.07, 6.45) is 3.60. The molecule has 0 saturated heterocycles. The summed E-state index contributed by atoms with van der Waals surface area (Å²) in [5.41, 5.74) is -0.0833. The number of ether oxygens (including phenoxy) is 1. The van der Waals surface area contributed by atoms with Crippen LogP contribution >= 0.6 is 11.6 Å². The van der Waals surface area contributed by atoms with Gasteiger partial charge in [0.25, 0.3) is 0 Å². The third-order valence-corrected chi connectivity index (χ3v) is 2.40. The van der Waals surface area contributed by atoms with Crippen LogP contribution in [0.25, 0.3) is 0 Å². The quantitative estimate of drug-likeness (QED) is 0.857. The minimum absolute atomic E-state index is 0.0833. The maximum atomic E-state index is 10.8. The molecule has 1 aliphatic carbocycles. The van der Waals surface area contributed by atoms with Gasteiger partial charge in [0.15, 0.2) is 11.4 Å². The van der Waals surface area contributed by atoms with E-state index in [2.05, 4.69) is 4.98 Å². The van der Waals surface area contributed by atoms with Gasteiger partial charge in [-0.3, -0.25) is 0 Å². The van der Waals surface area contributed by atoms with E-state index >= 15 is 0 Å². The SMILES string of the molecule is O=C(O)c1ncc(Cl)cc1OCC1CC1. The maximum absolute atomic E-state index is 10.8. The molecule has 0 amide bonds. The number of hydrogen-bond donors (Lipinski definition) is 1. The van der Waals surface area contributed by atoms with Gasteiger partial charge in [-0.05, 0) is 18.8 Å². The Morgan fingerprint density at radius 2 is 2.40 bits per heavy atom. The molecular weight excluding hydrogens is 218 g/mol. The number of carboxylic acid groups (broad SMARTS) is 1. The molecule has 4 nitrogen and oxygen atoms in total. The number of halogens is 1. The molecule has 0 bridgehead atoms. The molecule has 0 spiro atoms. The highest BCUT2D eigenvalue weighted by Crippen LogP contribution is 2.30. The van der Waals surface area contributed by atoms with Crippen LogP contribution in [-0.2, 0) is 0 Å². The number of rotatable bonds is 4. The molecule has 1 saturated carbocycles. The van der Waals surface area contributed by atoms with Crippen molar-refractivity contribution in [2.24, 2.45) is 5.92 Å². The van der Waals surface area contributed by atoms with Crippen molar-refractivity contribution in [3.8, 4) is 5.75 Å². The lowest BCUT2D eigenvalue weighted by atomic mass is 10.3. The van der Waals surface area contributed by atoms with Gasteiger partial charge in [-0.2, -0.15) is 0 Å². The summed E-state index contributed by atoms with van der Waals surface area (Å²) >= 11 is 5.72. The van der Waals surface area contributed by atoms with Crippen LogP contribution in [0.15, 0.2) is 12.3 Å². The molecule has 1 aromatic heterocycles. The van der Waals surface area contributed by atoms with Crippen molar-refractivity contribution in [1.82, 2.24) is 4.98 Å². The lowest BCUT2D eigenvalue weighted by molar-refractivity contribution is 0.0685. The molecule has 1 heterocycles. The fraction of sp³-hybridized carbons (Fsp3) is 0.400. The van der Waals surface area contributed by atoms with Crippen molar-refractivity contribution >= 4 is 17.6 Å². The highest BCUT2D eigenvalue weighted by Gasteiger charge is 2.23. The monoisotopic (exact) mass is 227 g/mol. The fourth-order valence-corrected chi connectivity index (χ4v) is 1.33. The van der Waals surface area contributed by atoms with Crippen molar-refractivity contribution in [2.75, 3.05) is 6.61 Å². The molecule has 0 atom stereocenters. The van der Waals surface area contributed by atoms with E-state index in [0.29, 0.717) is 17.5 Å². The van der Waals surface area contributed by atoms with Gasteiger partial charge < -0.3 is 9.84 Å². The zero-order chi connectivity index (χ0) is 10.8. The van der Waals surface area contributed by atoms with Gasteiger partial charge in [0, 0.05) is 12.3 Å². The van der Waals surface area contributed by atoms with Gasteiger partial charge >= 0.3 is 5.97 Å². The van der Waals surface area contributed by atoms with Gasteiger partial charge in [-0.25, -0.2) is 9.78 Å². The number of nitrogens with zero attached hydrogens (tertiary/aromatic N) is 1. The molecule has 1 aliphatic rings. The third-order valence-electron chi connectivity index (χ3n) is 2.19. The number of carboxylic acids is 1. The predicted octanol–water partition coefficient (Wildman–Crippen LogP) is 2.22. The largest absolute Gasteiger partial charge is 0.491 e. The number of hydrogen-bond acceptors (Lipinski definition) is 3. The lowest BCUT2D eigenvalue weighted by Gasteiger charge is -2.07. The second-order valence-corrected chi connectivity index (χ2v) is 4.00. The highest BCUT2D eigenvalue weighted by molar-refractivity contribution is 6.30. The van der Waals surface area contributed by atoms with Crippen LogP contribution < -0.4 is 4.74 Å². The van der Waals surface area contributed by atoms with Gasteiger partial charge in [0.2, 0.25) is 0 Å². The van der Waals surface area contributed by atoms with Crippen molar-refractivity contribution < 1.29 is 14.6 Å². The van der Waals surface area contributed by atoms with Crippen molar-refractivity contribution in [2.45, 2.75) is 12.8 Å².